The summed E-state index contributed by atoms with van der Waals surface area (Å²) in [4.78, 5) is 0. The van der Waals surface area contributed by atoms with Crippen LogP contribution in [0.2, 0.25) is 0 Å². The van der Waals surface area contributed by atoms with Crippen LogP contribution in [0, 0.1) is 11.8 Å². The molecule has 2 atom stereocenters. The molecule has 0 amide bonds. The molecule has 0 heterocycles. The number of hydrogen-bond donors (Lipinski definition) is 0. The Morgan fingerprint density at radius 3 is 1.26 bits per heavy atom. The monoisotopic (exact) mass is 326 g/mol. The van der Waals surface area contributed by atoms with Crippen LogP contribution in [-0.4, -0.2) is 13.2 Å². The Balaban J connectivity index is 3.74. The van der Waals surface area contributed by atoms with Crippen molar-refractivity contribution in [3.8, 4) is 0 Å². The predicted molar refractivity (Wildman–Crippen MR) is 105 cm³/mol. The summed E-state index contributed by atoms with van der Waals surface area (Å²) in [6, 6.07) is 0. The zero-order valence-corrected chi connectivity index (χ0v) is 16.9. The van der Waals surface area contributed by atoms with E-state index in [1.54, 1.807) is 0 Å². The zero-order chi connectivity index (χ0) is 17.2. The van der Waals surface area contributed by atoms with Crippen molar-refractivity contribution >= 4 is 0 Å². The fourth-order valence-electron chi connectivity index (χ4n) is 3.65. The minimum Gasteiger partial charge on any atom is -0.381 e. The molecule has 0 aliphatic heterocycles. The molecule has 0 radical (unpaired) electrons. The topological polar surface area (TPSA) is 9.23 Å². The summed E-state index contributed by atoms with van der Waals surface area (Å²) in [5.74, 6) is 1.81. The molecule has 0 rings (SSSR count). The molecule has 1 nitrogen and oxygen atoms in total. The van der Waals surface area contributed by atoms with Crippen molar-refractivity contribution in [2.45, 2.75) is 118 Å². The summed E-state index contributed by atoms with van der Waals surface area (Å²) in [6.45, 7) is 11.2. The summed E-state index contributed by atoms with van der Waals surface area (Å²) < 4.78 is 6.00. The Labute approximate surface area is 148 Å². The molecule has 0 aliphatic rings. The summed E-state index contributed by atoms with van der Waals surface area (Å²) in [5, 5.41) is 0. The highest BCUT2D eigenvalue weighted by Gasteiger charge is 2.09. The second-order valence-electron chi connectivity index (χ2n) is 7.49. The van der Waals surface area contributed by atoms with E-state index >= 15 is 0 Å². The molecule has 0 aromatic heterocycles. The van der Waals surface area contributed by atoms with Gasteiger partial charge in [-0.05, 0) is 24.7 Å². The van der Waals surface area contributed by atoms with Crippen molar-refractivity contribution in [1.82, 2.24) is 0 Å². The first kappa shape index (κ1) is 23.0. The van der Waals surface area contributed by atoms with Gasteiger partial charge in [-0.2, -0.15) is 0 Å². The maximum Gasteiger partial charge on any atom is 0.0468 e. The Bertz CT molecular complexity index is 192. The number of hydrogen-bond acceptors (Lipinski definition) is 1. The van der Waals surface area contributed by atoms with E-state index < -0.39 is 0 Å². The summed E-state index contributed by atoms with van der Waals surface area (Å²) in [6.07, 6.45) is 19.1. The zero-order valence-electron chi connectivity index (χ0n) is 16.9. The Kier molecular flexibility index (Phi) is 18.3. The van der Waals surface area contributed by atoms with Gasteiger partial charge in [-0.25, -0.2) is 0 Å². The molecule has 0 aromatic carbocycles. The molecule has 0 saturated heterocycles. The lowest BCUT2D eigenvalue weighted by Gasteiger charge is -2.18. The van der Waals surface area contributed by atoms with E-state index in [4.69, 9.17) is 4.74 Å². The first-order valence-corrected chi connectivity index (χ1v) is 10.9. The van der Waals surface area contributed by atoms with Gasteiger partial charge in [-0.1, -0.05) is 105 Å². The van der Waals surface area contributed by atoms with Crippen LogP contribution in [0.3, 0.4) is 0 Å². The molecule has 23 heavy (non-hydrogen) atoms. The van der Waals surface area contributed by atoms with Crippen molar-refractivity contribution in [2.24, 2.45) is 11.8 Å². The average Bonchev–Trinajstić information content (AvgIpc) is 2.54. The van der Waals surface area contributed by atoms with Gasteiger partial charge < -0.3 is 4.74 Å². The van der Waals surface area contributed by atoms with E-state index in [0.29, 0.717) is 0 Å². The van der Waals surface area contributed by atoms with Gasteiger partial charge in [0.2, 0.25) is 0 Å². The van der Waals surface area contributed by atoms with Crippen LogP contribution in [0.1, 0.15) is 118 Å². The highest BCUT2D eigenvalue weighted by atomic mass is 16.5. The van der Waals surface area contributed by atoms with Crippen LogP contribution < -0.4 is 0 Å². The van der Waals surface area contributed by atoms with E-state index in [9.17, 15) is 0 Å². The van der Waals surface area contributed by atoms with E-state index in [1.807, 2.05) is 0 Å². The van der Waals surface area contributed by atoms with Crippen LogP contribution in [0.5, 0.6) is 0 Å². The molecule has 2 unspecified atom stereocenters. The third-order valence-corrected chi connectivity index (χ3v) is 5.17. The lowest BCUT2D eigenvalue weighted by atomic mass is 9.93. The second-order valence-corrected chi connectivity index (χ2v) is 7.49. The quantitative estimate of drug-likeness (QED) is 0.234. The van der Waals surface area contributed by atoms with Crippen LogP contribution in [-0.2, 0) is 4.74 Å². The van der Waals surface area contributed by atoms with Gasteiger partial charge in [0, 0.05) is 13.2 Å². The highest BCUT2D eigenvalue weighted by molar-refractivity contribution is 4.61. The fraction of sp³-hybridized carbons (Fsp3) is 1.00. The largest absolute Gasteiger partial charge is 0.381 e. The Morgan fingerprint density at radius 2 is 0.913 bits per heavy atom. The normalized spacial score (nSPS) is 14.1. The first-order valence-electron chi connectivity index (χ1n) is 10.9. The van der Waals surface area contributed by atoms with E-state index in [-0.39, 0.29) is 0 Å². The summed E-state index contributed by atoms with van der Waals surface area (Å²) in [7, 11) is 0. The van der Waals surface area contributed by atoms with Crippen molar-refractivity contribution in [3.05, 3.63) is 0 Å². The first-order chi connectivity index (χ1) is 11.3. The molecular formula is C22H46O. The minimum absolute atomic E-state index is 0.905. The van der Waals surface area contributed by atoms with Gasteiger partial charge in [0.05, 0.1) is 0 Å². The van der Waals surface area contributed by atoms with Crippen LogP contribution in [0.25, 0.3) is 0 Å². The Hall–Kier alpha value is -0.0400. The highest BCUT2D eigenvalue weighted by Crippen LogP contribution is 2.21. The lowest BCUT2D eigenvalue weighted by Crippen LogP contribution is -2.09. The molecule has 0 aliphatic carbocycles. The van der Waals surface area contributed by atoms with Gasteiger partial charge in [0.15, 0.2) is 0 Å². The van der Waals surface area contributed by atoms with Crippen molar-refractivity contribution in [3.63, 3.8) is 0 Å². The van der Waals surface area contributed by atoms with Crippen LogP contribution >= 0.6 is 0 Å². The second kappa shape index (κ2) is 18.3. The molecule has 0 N–H and O–H groups in total. The van der Waals surface area contributed by atoms with E-state index in [0.717, 1.165) is 25.0 Å². The van der Waals surface area contributed by atoms with Gasteiger partial charge in [-0.15, -0.1) is 0 Å². The maximum atomic E-state index is 6.00. The third kappa shape index (κ3) is 15.2. The van der Waals surface area contributed by atoms with Crippen molar-refractivity contribution in [2.75, 3.05) is 13.2 Å². The van der Waals surface area contributed by atoms with Crippen LogP contribution in [0.15, 0.2) is 0 Å². The lowest BCUT2D eigenvalue weighted by molar-refractivity contribution is 0.102. The van der Waals surface area contributed by atoms with Gasteiger partial charge >= 0.3 is 0 Å². The smallest absolute Gasteiger partial charge is 0.0468 e. The Morgan fingerprint density at radius 1 is 0.478 bits per heavy atom. The van der Waals surface area contributed by atoms with E-state index in [2.05, 4.69) is 27.7 Å². The average molecular weight is 327 g/mol. The summed E-state index contributed by atoms with van der Waals surface area (Å²) in [5.41, 5.74) is 0. The molecule has 0 spiro atoms. The van der Waals surface area contributed by atoms with E-state index in [1.165, 1.54) is 89.9 Å². The molecule has 0 saturated carbocycles. The molecular weight excluding hydrogens is 280 g/mol. The van der Waals surface area contributed by atoms with Gasteiger partial charge in [0.1, 0.15) is 0 Å². The molecule has 0 fully saturated rings. The SMILES string of the molecule is CCCCCC(CCC)CCOCCC(CCC)CCCCC. The molecule has 1 heteroatoms. The fourth-order valence-corrected chi connectivity index (χ4v) is 3.65. The number of rotatable bonds is 18. The van der Waals surface area contributed by atoms with Crippen LogP contribution in [0.4, 0.5) is 0 Å². The standard InChI is InChI=1S/C22H46O/c1-5-9-11-15-21(13-7-3)17-19-23-20-18-22(14-8-4)16-12-10-6-2/h21-22H,5-20H2,1-4H3. The maximum absolute atomic E-state index is 6.00. The molecule has 0 aromatic rings. The third-order valence-electron chi connectivity index (χ3n) is 5.17. The molecule has 140 valence electrons. The molecule has 0 bridgehead atoms. The van der Waals surface area contributed by atoms with Gasteiger partial charge in [0.25, 0.3) is 0 Å². The van der Waals surface area contributed by atoms with Crippen molar-refractivity contribution in [1.29, 1.82) is 0 Å². The predicted octanol–water partition coefficient (Wildman–Crippen LogP) is 7.78. The van der Waals surface area contributed by atoms with Crippen molar-refractivity contribution < 1.29 is 4.74 Å². The van der Waals surface area contributed by atoms with Gasteiger partial charge in [-0.3, -0.25) is 0 Å². The number of ether oxygens (including phenoxy) is 1. The number of unbranched alkanes of at least 4 members (excludes halogenated alkanes) is 4. The summed E-state index contributed by atoms with van der Waals surface area (Å²) >= 11 is 0. The minimum atomic E-state index is 0.905.